The van der Waals surface area contributed by atoms with Gasteiger partial charge in [-0.2, -0.15) is 0 Å². The molecule has 2 N–H and O–H groups in total. The Morgan fingerprint density at radius 2 is 1.86 bits per heavy atom. The largest absolute Gasteiger partial charge is 0.376 e. The van der Waals surface area contributed by atoms with Crippen molar-refractivity contribution in [3.05, 3.63) is 0 Å². The second kappa shape index (κ2) is 12.3. The summed E-state index contributed by atoms with van der Waals surface area (Å²) in [6.07, 6.45) is 7.71. The molecule has 2 aliphatic rings. The predicted molar refractivity (Wildman–Crippen MR) is 115 cm³/mol. The molecule has 2 heterocycles. The zero-order chi connectivity index (χ0) is 20.4. The van der Waals surface area contributed by atoms with Gasteiger partial charge in [0.2, 0.25) is 5.91 Å². The molecule has 2 aliphatic heterocycles. The quantitative estimate of drug-likeness (QED) is 0.483. The maximum atomic E-state index is 12.0. The highest BCUT2D eigenvalue weighted by Gasteiger charge is 2.23. The van der Waals surface area contributed by atoms with Crippen LogP contribution in [-0.4, -0.2) is 87.2 Å². The lowest BCUT2D eigenvalue weighted by molar-refractivity contribution is -0.127. The van der Waals surface area contributed by atoms with Crippen molar-refractivity contribution in [2.45, 2.75) is 64.5 Å². The molecule has 162 valence electrons. The third kappa shape index (κ3) is 7.95. The van der Waals surface area contributed by atoms with E-state index < -0.39 is 0 Å². The van der Waals surface area contributed by atoms with Crippen molar-refractivity contribution < 1.29 is 9.53 Å². The molecule has 0 aliphatic carbocycles. The molecular formula is C21H41N5O2. The summed E-state index contributed by atoms with van der Waals surface area (Å²) in [6, 6.07) is 0.470. The van der Waals surface area contributed by atoms with E-state index in [1.54, 1.807) is 19.0 Å². The lowest BCUT2D eigenvalue weighted by Crippen LogP contribution is -2.50. The summed E-state index contributed by atoms with van der Waals surface area (Å²) >= 11 is 0. The summed E-state index contributed by atoms with van der Waals surface area (Å²) in [4.78, 5) is 20.7. The minimum absolute atomic E-state index is 0.00569. The Kier molecular flexibility index (Phi) is 10.1. The molecule has 0 spiro atoms. The van der Waals surface area contributed by atoms with Crippen LogP contribution in [0.25, 0.3) is 0 Å². The average Bonchev–Trinajstić information content (AvgIpc) is 3.04. The van der Waals surface area contributed by atoms with E-state index in [1.807, 2.05) is 0 Å². The summed E-state index contributed by atoms with van der Waals surface area (Å²) in [6.45, 7) is 9.52. The smallest absolute Gasteiger partial charge is 0.243 e. The number of nitrogens with zero attached hydrogens (tertiary/aromatic N) is 3. The summed E-state index contributed by atoms with van der Waals surface area (Å²) in [7, 11) is 3.53. The molecule has 2 atom stereocenters. The van der Waals surface area contributed by atoms with Crippen molar-refractivity contribution in [2.75, 3.05) is 53.4 Å². The number of likely N-dealkylation sites (tertiary alicyclic amines) is 1. The van der Waals surface area contributed by atoms with E-state index in [-0.39, 0.29) is 18.6 Å². The zero-order valence-corrected chi connectivity index (χ0v) is 18.4. The van der Waals surface area contributed by atoms with Gasteiger partial charge in [0, 0.05) is 39.8 Å². The van der Waals surface area contributed by atoms with Crippen LogP contribution in [0.2, 0.25) is 0 Å². The van der Waals surface area contributed by atoms with Gasteiger partial charge >= 0.3 is 0 Å². The zero-order valence-electron chi connectivity index (χ0n) is 18.4. The van der Waals surface area contributed by atoms with Gasteiger partial charge in [-0.25, -0.2) is 4.99 Å². The molecule has 1 amide bonds. The summed E-state index contributed by atoms with van der Waals surface area (Å²) < 4.78 is 5.71. The Morgan fingerprint density at radius 1 is 1.14 bits per heavy atom. The molecule has 2 saturated heterocycles. The first-order chi connectivity index (χ1) is 13.5. The molecule has 7 heteroatoms. The second-order valence-corrected chi connectivity index (χ2v) is 8.61. The molecule has 7 nitrogen and oxygen atoms in total. The Hall–Kier alpha value is -1.34. The van der Waals surface area contributed by atoms with Crippen molar-refractivity contribution in [1.29, 1.82) is 0 Å². The van der Waals surface area contributed by atoms with Crippen LogP contribution in [-0.2, 0) is 9.53 Å². The van der Waals surface area contributed by atoms with Crippen LogP contribution in [0.1, 0.15) is 52.4 Å². The number of aliphatic imine (C=N–C) groups is 1. The van der Waals surface area contributed by atoms with Crippen LogP contribution in [0.3, 0.4) is 0 Å². The number of likely N-dealkylation sites (N-methyl/N-ethyl adjacent to an activating group) is 1. The third-order valence-electron chi connectivity index (χ3n) is 5.75. The summed E-state index contributed by atoms with van der Waals surface area (Å²) in [5, 5.41) is 6.90. The number of hydrogen-bond acceptors (Lipinski definition) is 4. The molecule has 0 saturated carbocycles. The topological polar surface area (TPSA) is 69.2 Å². The lowest BCUT2D eigenvalue weighted by Gasteiger charge is -2.34. The third-order valence-corrected chi connectivity index (χ3v) is 5.75. The highest BCUT2D eigenvalue weighted by atomic mass is 16.5. The van der Waals surface area contributed by atoms with Crippen LogP contribution >= 0.6 is 0 Å². The highest BCUT2D eigenvalue weighted by Crippen LogP contribution is 2.17. The van der Waals surface area contributed by atoms with Gasteiger partial charge in [0.15, 0.2) is 5.96 Å². The minimum atomic E-state index is 0.00569. The van der Waals surface area contributed by atoms with Crippen molar-refractivity contribution in [2.24, 2.45) is 10.9 Å². The molecule has 2 rings (SSSR count). The number of ether oxygens (including phenoxy) is 1. The van der Waals surface area contributed by atoms with E-state index in [0.717, 1.165) is 32.5 Å². The molecular weight excluding hydrogens is 354 g/mol. The average molecular weight is 396 g/mol. The van der Waals surface area contributed by atoms with Crippen molar-refractivity contribution in [3.8, 4) is 0 Å². The maximum absolute atomic E-state index is 12.0. The number of guanidine groups is 1. The van der Waals surface area contributed by atoms with Gasteiger partial charge in [-0.15, -0.1) is 0 Å². The van der Waals surface area contributed by atoms with Crippen LogP contribution in [0, 0.1) is 5.92 Å². The van der Waals surface area contributed by atoms with Gasteiger partial charge in [-0.05, 0) is 44.7 Å². The van der Waals surface area contributed by atoms with E-state index in [4.69, 9.17) is 4.74 Å². The number of nitrogens with one attached hydrogen (secondary N) is 2. The highest BCUT2D eigenvalue weighted by molar-refractivity contribution is 5.84. The predicted octanol–water partition coefficient (Wildman–Crippen LogP) is 1.69. The Labute approximate surface area is 171 Å². The number of carbonyl (C=O) groups is 1. The molecule has 2 unspecified atom stereocenters. The summed E-state index contributed by atoms with van der Waals surface area (Å²) in [5.74, 6) is 1.28. The lowest BCUT2D eigenvalue weighted by atomic mass is 10.0. The van der Waals surface area contributed by atoms with Crippen LogP contribution < -0.4 is 10.6 Å². The van der Waals surface area contributed by atoms with E-state index >= 15 is 0 Å². The van der Waals surface area contributed by atoms with Crippen molar-refractivity contribution in [3.63, 3.8) is 0 Å². The van der Waals surface area contributed by atoms with Gasteiger partial charge in [-0.1, -0.05) is 26.7 Å². The number of carbonyl (C=O) groups excluding carboxylic acids is 1. The number of hydrogen-bond donors (Lipinski definition) is 2. The van der Waals surface area contributed by atoms with E-state index in [0.29, 0.717) is 17.9 Å². The van der Waals surface area contributed by atoms with E-state index in [9.17, 15) is 4.79 Å². The molecule has 2 fully saturated rings. The fraction of sp³-hybridized carbons (Fsp3) is 0.905. The van der Waals surface area contributed by atoms with Crippen LogP contribution in [0.5, 0.6) is 0 Å². The minimum Gasteiger partial charge on any atom is -0.376 e. The molecule has 28 heavy (non-hydrogen) atoms. The van der Waals surface area contributed by atoms with Gasteiger partial charge in [0.1, 0.15) is 6.54 Å². The van der Waals surface area contributed by atoms with Crippen molar-refractivity contribution >= 4 is 11.9 Å². The second-order valence-electron chi connectivity index (χ2n) is 8.61. The maximum Gasteiger partial charge on any atom is 0.243 e. The summed E-state index contributed by atoms with van der Waals surface area (Å²) in [5.41, 5.74) is 0. The SMILES string of the molecule is CC(C)C(CNC(=NCC(=O)N(C)C)NCC1CCCO1)N1CCCCCC1. The molecule has 0 radical (unpaired) electrons. The number of rotatable bonds is 8. The van der Waals surface area contributed by atoms with Crippen LogP contribution in [0.15, 0.2) is 4.99 Å². The van der Waals surface area contributed by atoms with Gasteiger partial charge < -0.3 is 20.3 Å². The van der Waals surface area contributed by atoms with Crippen molar-refractivity contribution in [1.82, 2.24) is 20.4 Å². The van der Waals surface area contributed by atoms with Gasteiger partial charge in [0.25, 0.3) is 0 Å². The number of amides is 1. The van der Waals surface area contributed by atoms with E-state index in [1.165, 1.54) is 38.8 Å². The fourth-order valence-electron chi connectivity index (χ4n) is 3.89. The standard InChI is InChI=1S/C21H41N5O2/c1-17(2)19(26-11-7-5-6-8-12-26)15-23-21(24-16-20(27)25(3)4)22-14-18-10-9-13-28-18/h17-19H,5-16H2,1-4H3,(H2,22,23,24). The van der Waals surface area contributed by atoms with Crippen LogP contribution in [0.4, 0.5) is 0 Å². The normalized spacial score (nSPS) is 22.8. The van der Waals surface area contributed by atoms with E-state index in [2.05, 4.69) is 34.4 Å². The Bertz CT molecular complexity index is 481. The monoisotopic (exact) mass is 395 g/mol. The van der Waals surface area contributed by atoms with Gasteiger partial charge in [0.05, 0.1) is 6.10 Å². The first kappa shape index (κ1) is 22.9. The molecule has 0 bridgehead atoms. The van der Waals surface area contributed by atoms with Gasteiger partial charge in [-0.3, -0.25) is 9.69 Å². The first-order valence-corrected chi connectivity index (χ1v) is 11.1. The Balaban J connectivity index is 1.94. The first-order valence-electron chi connectivity index (χ1n) is 11.1. The molecule has 0 aromatic rings. The molecule has 0 aromatic heterocycles. The fourth-order valence-corrected chi connectivity index (χ4v) is 3.89. The Morgan fingerprint density at radius 3 is 2.43 bits per heavy atom. The molecule has 0 aromatic carbocycles.